The smallest absolute Gasteiger partial charge is 0.147 e. The minimum absolute atomic E-state index is 0.759. The van der Waals surface area contributed by atoms with Crippen molar-refractivity contribution in [1.82, 2.24) is 4.98 Å². The first-order valence-electron chi connectivity index (χ1n) is 5.24. The van der Waals surface area contributed by atoms with Gasteiger partial charge in [-0.25, -0.2) is 10.8 Å². The molecule has 1 fully saturated rings. The Balaban J connectivity index is 2.22. The summed E-state index contributed by atoms with van der Waals surface area (Å²) in [5.41, 5.74) is 4.05. The van der Waals surface area contributed by atoms with E-state index in [1.54, 1.807) is 6.20 Å². The maximum absolute atomic E-state index is 5.45. The number of aromatic nitrogens is 1. The number of pyridine rings is 1. The van der Waals surface area contributed by atoms with Crippen molar-refractivity contribution in [3.8, 4) is 0 Å². The van der Waals surface area contributed by atoms with Crippen molar-refractivity contribution < 1.29 is 0 Å². The van der Waals surface area contributed by atoms with Gasteiger partial charge in [-0.3, -0.25) is 0 Å². The fraction of sp³-hybridized carbons (Fsp3) is 0.250. The molecule has 3 rings (SSSR count). The van der Waals surface area contributed by atoms with E-state index in [2.05, 4.69) is 28.6 Å². The molecule has 1 heterocycles. The molecule has 1 saturated carbocycles. The fourth-order valence-corrected chi connectivity index (χ4v) is 1.97. The number of nitrogens with two attached hydrogens (primary N) is 1. The predicted molar refractivity (Wildman–Crippen MR) is 61.5 cm³/mol. The van der Waals surface area contributed by atoms with Crippen LogP contribution in [0.2, 0.25) is 0 Å². The van der Waals surface area contributed by atoms with Crippen molar-refractivity contribution in [2.45, 2.75) is 18.8 Å². The fourth-order valence-electron chi connectivity index (χ4n) is 1.97. The molecule has 15 heavy (non-hydrogen) atoms. The topological polar surface area (TPSA) is 50.9 Å². The second kappa shape index (κ2) is 3.21. The van der Waals surface area contributed by atoms with E-state index in [1.807, 2.05) is 6.07 Å². The standard InChI is InChI=1S/C12H13N3/c13-15-12-11-7-10(8-1-2-8)4-3-9(11)5-6-14-12/h3-8H,1-2,13H2,(H,14,15). The number of nitrogens with one attached hydrogen (secondary N) is 1. The van der Waals surface area contributed by atoms with E-state index in [9.17, 15) is 0 Å². The number of anilines is 1. The summed E-state index contributed by atoms with van der Waals surface area (Å²) in [6.45, 7) is 0. The van der Waals surface area contributed by atoms with Crippen LogP contribution in [0.25, 0.3) is 10.8 Å². The molecule has 0 unspecified atom stereocenters. The highest BCUT2D eigenvalue weighted by Gasteiger charge is 2.23. The zero-order valence-electron chi connectivity index (χ0n) is 8.40. The van der Waals surface area contributed by atoms with E-state index >= 15 is 0 Å². The Bertz CT molecular complexity index is 503. The average Bonchev–Trinajstić information content (AvgIpc) is 3.11. The summed E-state index contributed by atoms with van der Waals surface area (Å²) in [5.74, 6) is 6.97. The largest absolute Gasteiger partial charge is 0.308 e. The van der Waals surface area contributed by atoms with Crippen molar-refractivity contribution in [3.05, 3.63) is 36.0 Å². The Morgan fingerprint density at radius 2 is 2.13 bits per heavy atom. The van der Waals surface area contributed by atoms with Gasteiger partial charge in [0.15, 0.2) is 0 Å². The highest BCUT2D eigenvalue weighted by atomic mass is 15.2. The number of hydrogen-bond acceptors (Lipinski definition) is 3. The molecule has 3 heteroatoms. The molecule has 3 nitrogen and oxygen atoms in total. The van der Waals surface area contributed by atoms with Crippen LogP contribution in [0.1, 0.15) is 24.3 Å². The van der Waals surface area contributed by atoms with E-state index in [-0.39, 0.29) is 0 Å². The van der Waals surface area contributed by atoms with Gasteiger partial charge >= 0.3 is 0 Å². The molecule has 76 valence electrons. The normalized spacial score (nSPS) is 15.5. The molecule has 1 aliphatic carbocycles. The molecule has 1 aromatic carbocycles. The highest BCUT2D eigenvalue weighted by molar-refractivity contribution is 5.92. The van der Waals surface area contributed by atoms with E-state index < -0.39 is 0 Å². The summed E-state index contributed by atoms with van der Waals surface area (Å²) in [4.78, 5) is 4.21. The van der Waals surface area contributed by atoms with E-state index in [0.29, 0.717) is 0 Å². The van der Waals surface area contributed by atoms with Gasteiger partial charge in [-0.1, -0.05) is 12.1 Å². The van der Waals surface area contributed by atoms with Crippen LogP contribution in [0.5, 0.6) is 0 Å². The van der Waals surface area contributed by atoms with Crippen LogP contribution in [0.4, 0.5) is 5.82 Å². The van der Waals surface area contributed by atoms with E-state index in [4.69, 9.17) is 5.84 Å². The summed E-state index contributed by atoms with van der Waals surface area (Å²) in [6.07, 6.45) is 4.41. The van der Waals surface area contributed by atoms with Gasteiger partial charge < -0.3 is 5.43 Å². The van der Waals surface area contributed by atoms with Crippen LogP contribution in [0.15, 0.2) is 30.5 Å². The first kappa shape index (κ1) is 8.68. The van der Waals surface area contributed by atoms with Gasteiger partial charge in [-0.2, -0.15) is 0 Å². The van der Waals surface area contributed by atoms with Crippen molar-refractivity contribution in [2.24, 2.45) is 5.84 Å². The molecule has 0 atom stereocenters. The average molecular weight is 199 g/mol. The molecule has 0 spiro atoms. The van der Waals surface area contributed by atoms with Gasteiger partial charge in [0, 0.05) is 11.6 Å². The van der Waals surface area contributed by atoms with Crippen LogP contribution in [0, 0.1) is 0 Å². The Hall–Kier alpha value is -1.61. The predicted octanol–water partition coefficient (Wildman–Crippen LogP) is 2.40. The maximum Gasteiger partial charge on any atom is 0.147 e. The molecular formula is C12H13N3. The second-order valence-corrected chi connectivity index (χ2v) is 4.06. The first-order chi connectivity index (χ1) is 7.38. The second-order valence-electron chi connectivity index (χ2n) is 4.06. The number of rotatable bonds is 2. The first-order valence-corrected chi connectivity index (χ1v) is 5.24. The molecule has 2 aromatic rings. The third-order valence-corrected chi connectivity index (χ3v) is 2.98. The van der Waals surface area contributed by atoms with Crippen LogP contribution >= 0.6 is 0 Å². The Kier molecular flexibility index (Phi) is 1.86. The highest BCUT2D eigenvalue weighted by Crippen LogP contribution is 2.41. The number of hydrazine groups is 1. The summed E-state index contributed by atoms with van der Waals surface area (Å²) >= 11 is 0. The van der Waals surface area contributed by atoms with Crippen molar-refractivity contribution >= 4 is 16.6 Å². The van der Waals surface area contributed by atoms with E-state index in [0.717, 1.165) is 17.1 Å². The van der Waals surface area contributed by atoms with Gasteiger partial charge in [0.05, 0.1) is 0 Å². The lowest BCUT2D eigenvalue weighted by molar-refractivity contribution is 1.13. The number of fused-ring (bicyclic) bond motifs is 1. The van der Waals surface area contributed by atoms with Crippen molar-refractivity contribution in [3.63, 3.8) is 0 Å². The number of hydrogen-bond donors (Lipinski definition) is 2. The van der Waals surface area contributed by atoms with Crippen LogP contribution in [-0.4, -0.2) is 4.98 Å². The van der Waals surface area contributed by atoms with Gasteiger partial charge in [-0.15, -0.1) is 0 Å². The molecule has 0 amide bonds. The Labute approximate surface area is 88.3 Å². The Morgan fingerprint density at radius 3 is 2.87 bits per heavy atom. The number of nitrogen functional groups attached to an aromatic ring is 1. The maximum atomic E-state index is 5.45. The molecule has 1 aromatic heterocycles. The van der Waals surface area contributed by atoms with Crippen LogP contribution in [0.3, 0.4) is 0 Å². The summed E-state index contributed by atoms with van der Waals surface area (Å²) < 4.78 is 0. The lowest BCUT2D eigenvalue weighted by Gasteiger charge is -2.06. The lowest BCUT2D eigenvalue weighted by Crippen LogP contribution is -2.08. The van der Waals surface area contributed by atoms with Crippen LogP contribution < -0.4 is 11.3 Å². The summed E-state index contributed by atoms with van der Waals surface area (Å²) in [7, 11) is 0. The van der Waals surface area contributed by atoms with Gasteiger partial charge in [-0.05, 0) is 41.8 Å². The van der Waals surface area contributed by atoms with E-state index in [1.165, 1.54) is 23.8 Å². The molecule has 1 aliphatic rings. The summed E-state index contributed by atoms with van der Waals surface area (Å²) in [5, 5.41) is 2.30. The molecule has 0 saturated heterocycles. The molecule has 0 aliphatic heterocycles. The van der Waals surface area contributed by atoms with Crippen LogP contribution in [-0.2, 0) is 0 Å². The van der Waals surface area contributed by atoms with Gasteiger partial charge in [0.2, 0.25) is 0 Å². The Morgan fingerprint density at radius 1 is 1.27 bits per heavy atom. The molecule has 3 N–H and O–H groups in total. The monoisotopic (exact) mass is 199 g/mol. The number of benzene rings is 1. The number of nitrogens with zero attached hydrogens (tertiary/aromatic N) is 1. The summed E-state index contributed by atoms with van der Waals surface area (Å²) in [6, 6.07) is 8.56. The quantitative estimate of drug-likeness (QED) is 0.576. The zero-order chi connectivity index (χ0) is 10.3. The SMILES string of the molecule is NNc1nccc2ccc(C3CC3)cc12. The third kappa shape index (κ3) is 1.45. The van der Waals surface area contributed by atoms with Gasteiger partial charge in [0.1, 0.15) is 5.82 Å². The molecule has 0 radical (unpaired) electrons. The lowest BCUT2D eigenvalue weighted by atomic mass is 10.1. The molecular weight excluding hydrogens is 186 g/mol. The third-order valence-electron chi connectivity index (χ3n) is 2.98. The minimum atomic E-state index is 0.759. The van der Waals surface area contributed by atoms with Crippen molar-refractivity contribution in [2.75, 3.05) is 5.43 Å². The minimum Gasteiger partial charge on any atom is -0.308 e. The molecule has 0 bridgehead atoms. The zero-order valence-corrected chi connectivity index (χ0v) is 8.40. The van der Waals surface area contributed by atoms with Crippen molar-refractivity contribution in [1.29, 1.82) is 0 Å². The van der Waals surface area contributed by atoms with Gasteiger partial charge in [0.25, 0.3) is 0 Å².